The van der Waals surface area contributed by atoms with Gasteiger partial charge in [0.2, 0.25) is 0 Å². The van der Waals surface area contributed by atoms with Gasteiger partial charge in [-0.2, -0.15) is 5.10 Å². The van der Waals surface area contributed by atoms with Crippen LogP contribution in [0.3, 0.4) is 0 Å². The van der Waals surface area contributed by atoms with Crippen molar-refractivity contribution in [3.05, 3.63) is 40.8 Å². The van der Waals surface area contributed by atoms with E-state index in [-0.39, 0.29) is 11.3 Å². The molecule has 7 heteroatoms. The SMILES string of the molecule is Nc1cnn(C(=O)c2c[nH]c(=O)cn2)c1. The molecular formula is C8H7N5O2. The highest BCUT2D eigenvalue weighted by Gasteiger charge is 2.10. The topological polar surface area (TPSA) is 107 Å². The molecule has 0 bridgehead atoms. The van der Waals surface area contributed by atoms with Crippen LogP contribution in [0.15, 0.2) is 29.6 Å². The molecule has 0 fully saturated rings. The molecule has 0 aromatic carbocycles. The van der Waals surface area contributed by atoms with Gasteiger partial charge in [0, 0.05) is 6.20 Å². The summed E-state index contributed by atoms with van der Waals surface area (Å²) in [6, 6.07) is 0. The molecule has 0 amide bonds. The maximum atomic E-state index is 11.6. The summed E-state index contributed by atoms with van der Waals surface area (Å²) in [5, 5.41) is 3.72. The fraction of sp³-hybridized carbons (Fsp3) is 0. The Labute approximate surface area is 83.6 Å². The first-order chi connectivity index (χ1) is 7.16. The third-order valence-electron chi connectivity index (χ3n) is 1.70. The molecule has 0 spiro atoms. The van der Waals surface area contributed by atoms with Gasteiger partial charge in [0.15, 0.2) is 0 Å². The van der Waals surface area contributed by atoms with Crippen LogP contribution < -0.4 is 11.3 Å². The minimum Gasteiger partial charge on any atom is -0.396 e. The van der Waals surface area contributed by atoms with E-state index in [1.54, 1.807) is 0 Å². The normalized spacial score (nSPS) is 10.1. The molecule has 7 nitrogen and oxygen atoms in total. The largest absolute Gasteiger partial charge is 0.396 e. The van der Waals surface area contributed by atoms with Crippen LogP contribution in [0.4, 0.5) is 5.69 Å². The summed E-state index contributed by atoms with van der Waals surface area (Å²) in [5.74, 6) is -0.456. The summed E-state index contributed by atoms with van der Waals surface area (Å²) in [4.78, 5) is 28.4. The predicted octanol–water partition coefficient (Wildman–Crippen LogP) is -0.763. The second-order valence-electron chi connectivity index (χ2n) is 2.82. The fourth-order valence-corrected chi connectivity index (χ4v) is 1.02. The molecule has 0 saturated carbocycles. The Bertz CT molecular complexity index is 536. The van der Waals surface area contributed by atoms with Gasteiger partial charge in [0.1, 0.15) is 5.69 Å². The van der Waals surface area contributed by atoms with Gasteiger partial charge in [-0.05, 0) is 0 Å². The molecule has 76 valence electrons. The van der Waals surface area contributed by atoms with E-state index in [1.807, 2.05) is 0 Å². The van der Waals surface area contributed by atoms with Crippen molar-refractivity contribution in [3.8, 4) is 0 Å². The van der Waals surface area contributed by atoms with Crippen LogP contribution in [0.1, 0.15) is 10.5 Å². The van der Waals surface area contributed by atoms with E-state index >= 15 is 0 Å². The van der Waals surface area contributed by atoms with Gasteiger partial charge in [0.25, 0.3) is 11.5 Å². The number of aromatic amines is 1. The van der Waals surface area contributed by atoms with Crippen molar-refractivity contribution in [3.63, 3.8) is 0 Å². The summed E-state index contributed by atoms with van der Waals surface area (Å²) in [6.45, 7) is 0. The Morgan fingerprint density at radius 1 is 1.47 bits per heavy atom. The number of carbonyl (C=O) groups excluding carboxylic acids is 1. The lowest BCUT2D eigenvalue weighted by Crippen LogP contribution is -2.17. The number of rotatable bonds is 1. The van der Waals surface area contributed by atoms with Crippen LogP contribution in [-0.4, -0.2) is 25.7 Å². The van der Waals surface area contributed by atoms with Crippen molar-refractivity contribution in [1.82, 2.24) is 19.7 Å². The van der Waals surface area contributed by atoms with Crippen LogP contribution in [0.25, 0.3) is 0 Å². The van der Waals surface area contributed by atoms with E-state index in [4.69, 9.17) is 5.73 Å². The molecule has 0 aliphatic rings. The first kappa shape index (κ1) is 9.13. The van der Waals surface area contributed by atoms with Crippen LogP contribution in [0.5, 0.6) is 0 Å². The number of nitrogens with zero attached hydrogens (tertiary/aromatic N) is 3. The minimum absolute atomic E-state index is 0.0951. The van der Waals surface area contributed by atoms with E-state index < -0.39 is 5.91 Å². The molecule has 0 aliphatic carbocycles. The number of nitrogens with two attached hydrogens (primary N) is 1. The Hall–Kier alpha value is -2.44. The summed E-state index contributed by atoms with van der Waals surface area (Å²) in [6.07, 6.45) is 4.97. The van der Waals surface area contributed by atoms with Gasteiger partial charge in [-0.15, -0.1) is 0 Å². The monoisotopic (exact) mass is 205 g/mol. The number of anilines is 1. The first-order valence-corrected chi connectivity index (χ1v) is 4.06. The van der Waals surface area contributed by atoms with Crippen LogP contribution in [-0.2, 0) is 0 Å². The van der Waals surface area contributed by atoms with E-state index in [1.165, 1.54) is 18.6 Å². The van der Waals surface area contributed by atoms with Crippen LogP contribution >= 0.6 is 0 Å². The highest BCUT2D eigenvalue weighted by molar-refractivity contribution is 5.93. The molecule has 3 N–H and O–H groups in total. The molecule has 0 aliphatic heterocycles. The van der Waals surface area contributed by atoms with Gasteiger partial charge in [-0.1, -0.05) is 0 Å². The van der Waals surface area contributed by atoms with Gasteiger partial charge < -0.3 is 10.7 Å². The highest BCUT2D eigenvalue weighted by Crippen LogP contribution is 2.00. The number of aromatic nitrogens is 4. The van der Waals surface area contributed by atoms with Gasteiger partial charge in [-0.3, -0.25) is 9.59 Å². The van der Waals surface area contributed by atoms with Crippen molar-refractivity contribution in [2.24, 2.45) is 0 Å². The number of hydrogen-bond donors (Lipinski definition) is 2. The average Bonchev–Trinajstić information content (AvgIpc) is 2.65. The van der Waals surface area contributed by atoms with Gasteiger partial charge in [0.05, 0.1) is 24.3 Å². The summed E-state index contributed by atoms with van der Waals surface area (Å²) in [7, 11) is 0. The van der Waals surface area contributed by atoms with Gasteiger partial charge in [-0.25, -0.2) is 9.67 Å². The van der Waals surface area contributed by atoms with E-state index in [9.17, 15) is 9.59 Å². The molecule has 0 radical (unpaired) electrons. The average molecular weight is 205 g/mol. The molecular weight excluding hydrogens is 198 g/mol. The van der Waals surface area contributed by atoms with Crippen molar-refractivity contribution in [1.29, 1.82) is 0 Å². The lowest BCUT2D eigenvalue weighted by Gasteiger charge is -1.97. The van der Waals surface area contributed by atoms with Crippen molar-refractivity contribution in [2.75, 3.05) is 5.73 Å². The standard InChI is InChI=1S/C8H7N5O2/c9-5-1-12-13(4-5)8(15)6-2-11-7(14)3-10-6/h1-4H,9H2,(H,11,14). The smallest absolute Gasteiger partial charge is 0.298 e. The van der Waals surface area contributed by atoms with Crippen LogP contribution in [0, 0.1) is 0 Å². The van der Waals surface area contributed by atoms with Crippen molar-refractivity contribution < 1.29 is 4.79 Å². The number of hydrogen-bond acceptors (Lipinski definition) is 5. The zero-order chi connectivity index (χ0) is 10.8. The molecule has 15 heavy (non-hydrogen) atoms. The molecule has 2 rings (SSSR count). The lowest BCUT2D eigenvalue weighted by atomic mass is 10.4. The first-order valence-electron chi connectivity index (χ1n) is 4.06. The summed E-state index contributed by atoms with van der Waals surface area (Å²) in [5.41, 5.74) is 5.51. The molecule has 0 saturated heterocycles. The lowest BCUT2D eigenvalue weighted by molar-refractivity contribution is 0.0939. The Kier molecular flexibility index (Phi) is 2.05. The van der Waals surface area contributed by atoms with E-state index in [0.29, 0.717) is 5.69 Å². The minimum atomic E-state index is -0.456. The third-order valence-corrected chi connectivity index (χ3v) is 1.70. The third kappa shape index (κ3) is 1.75. The molecule has 0 unspecified atom stereocenters. The second-order valence-corrected chi connectivity index (χ2v) is 2.82. The van der Waals surface area contributed by atoms with E-state index in [0.717, 1.165) is 10.9 Å². The number of nitrogens with one attached hydrogen (secondary N) is 1. The molecule has 2 heterocycles. The zero-order valence-electron chi connectivity index (χ0n) is 7.54. The van der Waals surface area contributed by atoms with Crippen molar-refractivity contribution >= 4 is 11.6 Å². The molecule has 0 atom stereocenters. The Balaban J connectivity index is 2.36. The Morgan fingerprint density at radius 3 is 2.80 bits per heavy atom. The quantitative estimate of drug-likeness (QED) is 0.636. The van der Waals surface area contributed by atoms with E-state index in [2.05, 4.69) is 15.1 Å². The zero-order valence-corrected chi connectivity index (χ0v) is 7.54. The highest BCUT2D eigenvalue weighted by atomic mass is 16.2. The maximum Gasteiger partial charge on any atom is 0.298 e. The summed E-state index contributed by atoms with van der Waals surface area (Å²) >= 11 is 0. The second kappa shape index (κ2) is 3.37. The van der Waals surface area contributed by atoms with Gasteiger partial charge >= 0.3 is 0 Å². The summed E-state index contributed by atoms with van der Waals surface area (Å²) < 4.78 is 1.05. The number of carbonyl (C=O) groups is 1. The molecule has 2 aromatic rings. The van der Waals surface area contributed by atoms with Crippen molar-refractivity contribution in [2.45, 2.75) is 0 Å². The van der Waals surface area contributed by atoms with Crippen LogP contribution in [0.2, 0.25) is 0 Å². The number of H-pyrrole nitrogens is 1. The fourth-order valence-electron chi connectivity index (χ4n) is 1.02. The number of nitrogen functional groups attached to an aromatic ring is 1. The Morgan fingerprint density at radius 2 is 2.27 bits per heavy atom. The maximum absolute atomic E-state index is 11.6. The predicted molar refractivity (Wildman–Crippen MR) is 51.2 cm³/mol. The molecule has 2 aromatic heterocycles.